The first-order chi connectivity index (χ1) is 5.75. The molecule has 12 heavy (non-hydrogen) atoms. The van der Waals surface area contributed by atoms with Crippen LogP contribution < -0.4 is 0 Å². The van der Waals surface area contributed by atoms with Gasteiger partial charge in [-0.2, -0.15) is 0 Å². The Morgan fingerprint density at radius 1 is 1.33 bits per heavy atom. The van der Waals surface area contributed by atoms with Gasteiger partial charge < -0.3 is 4.74 Å². The molecular weight excluding hydrogens is 148 g/mol. The zero-order chi connectivity index (χ0) is 8.55. The van der Waals surface area contributed by atoms with Gasteiger partial charge in [0.05, 0.1) is 5.76 Å². The van der Waals surface area contributed by atoms with Crippen LogP contribution >= 0.6 is 0 Å². The molecule has 0 N–H and O–H groups in total. The Labute approximate surface area is 72.7 Å². The van der Waals surface area contributed by atoms with Gasteiger partial charge in [0.25, 0.3) is 0 Å². The summed E-state index contributed by atoms with van der Waals surface area (Å²) >= 11 is 0. The molecule has 0 fully saturated rings. The normalized spacial score (nSPS) is 15.2. The summed E-state index contributed by atoms with van der Waals surface area (Å²) in [6.07, 6.45) is 0.871. The third-order valence-corrected chi connectivity index (χ3v) is 2.18. The number of fused-ring (bicyclic) bond motifs is 1. The molecule has 1 aromatic rings. The molecule has 0 radical (unpaired) electrons. The van der Waals surface area contributed by atoms with Gasteiger partial charge in [0.1, 0.15) is 6.61 Å². The van der Waals surface area contributed by atoms with E-state index in [-0.39, 0.29) is 0 Å². The summed E-state index contributed by atoms with van der Waals surface area (Å²) in [4.78, 5) is 0. The molecule has 1 nitrogen and oxygen atoms in total. The van der Waals surface area contributed by atoms with Gasteiger partial charge in [-0.15, -0.1) is 0 Å². The summed E-state index contributed by atoms with van der Waals surface area (Å²) in [5.74, 6) is 0.881. The summed E-state index contributed by atoms with van der Waals surface area (Å²) < 4.78 is 5.36. The van der Waals surface area contributed by atoms with E-state index >= 15 is 0 Å². The van der Waals surface area contributed by atoms with Crippen LogP contribution in [0, 0.1) is 6.92 Å². The summed E-state index contributed by atoms with van der Waals surface area (Å²) in [6, 6.07) is 6.48. The third-order valence-electron chi connectivity index (χ3n) is 2.18. The van der Waals surface area contributed by atoms with E-state index in [9.17, 15) is 0 Å². The molecule has 1 aliphatic rings. The highest BCUT2D eigenvalue weighted by atomic mass is 16.5. The molecular formula is C11H12O. The van der Waals surface area contributed by atoms with E-state index in [1.54, 1.807) is 0 Å². The van der Waals surface area contributed by atoms with E-state index in [1.807, 2.05) is 0 Å². The second kappa shape index (κ2) is 2.67. The van der Waals surface area contributed by atoms with Gasteiger partial charge in [-0.05, 0) is 18.1 Å². The summed E-state index contributed by atoms with van der Waals surface area (Å²) in [6.45, 7) is 6.60. The maximum atomic E-state index is 5.36. The van der Waals surface area contributed by atoms with Crippen LogP contribution in [-0.4, -0.2) is 0 Å². The molecule has 1 aliphatic heterocycles. The number of ether oxygens (including phenoxy) is 1. The summed E-state index contributed by atoms with van der Waals surface area (Å²) in [7, 11) is 0. The van der Waals surface area contributed by atoms with Crippen LogP contribution in [0.2, 0.25) is 0 Å². The fraction of sp³-hybridized carbons (Fsp3) is 0.273. The van der Waals surface area contributed by atoms with E-state index in [4.69, 9.17) is 4.74 Å². The van der Waals surface area contributed by atoms with Gasteiger partial charge in [0.15, 0.2) is 0 Å². The number of allylic oxidation sites excluding steroid dienone is 1. The molecule has 0 atom stereocenters. The maximum absolute atomic E-state index is 5.36. The molecule has 2 rings (SSSR count). The summed E-state index contributed by atoms with van der Waals surface area (Å²) in [5, 5.41) is 0. The minimum Gasteiger partial charge on any atom is -0.494 e. The maximum Gasteiger partial charge on any atom is 0.113 e. The Balaban J connectivity index is 2.43. The average Bonchev–Trinajstić information content (AvgIpc) is 2.05. The topological polar surface area (TPSA) is 9.23 Å². The fourth-order valence-electron chi connectivity index (χ4n) is 1.50. The predicted molar refractivity (Wildman–Crippen MR) is 48.8 cm³/mol. The van der Waals surface area contributed by atoms with Gasteiger partial charge in [-0.25, -0.2) is 0 Å². The first kappa shape index (κ1) is 7.41. The van der Waals surface area contributed by atoms with Crippen molar-refractivity contribution < 1.29 is 4.74 Å². The fourth-order valence-corrected chi connectivity index (χ4v) is 1.50. The molecule has 0 unspecified atom stereocenters. The lowest BCUT2D eigenvalue weighted by molar-refractivity contribution is 0.182. The van der Waals surface area contributed by atoms with Gasteiger partial charge in [0.2, 0.25) is 0 Å². The van der Waals surface area contributed by atoms with E-state index < -0.39 is 0 Å². The quantitative estimate of drug-likeness (QED) is 0.566. The summed E-state index contributed by atoms with van der Waals surface area (Å²) in [5.41, 5.74) is 3.96. The minimum atomic E-state index is 0.690. The van der Waals surface area contributed by atoms with Gasteiger partial charge >= 0.3 is 0 Å². The number of aryl methyl sites for hydroxylation is 1. The average molecular weight is 160 g/mol. The Kier molecular flexibility index (Phi) is 1.65. The second-order valence-corrected chi connectivity index (χ2v) is 3.28. The highest BCUT2D eigenvalue weighted by Gasteiger charge is 2.11. The highest BCUT2D eigenvalue weighted by molar-refractivity contribution is 5.34. The van der Waals surface area contributed by atoms with E-state index in [0.29, 0.717) is 6.61 Å². The Hall–Kier alpha value is -1.24. The SMILES string of the molecule is C=C1Cc2ccc(C)cc2CO1. The molecule has 0 bridgehead atoms. The van der Waals surface area contributed by atoms with Crippen LogP contribution in [0.15, 0.2) is 30.5 Å². The zero-order valence-electron chi connectivity index (χ0n) is 7.26. The molecule has 0 spiro atoms. The van der Waals surface area contributed by atoms with Crippen molar-refractivity contribution in [1.82, 2.24) is 0 Å². The van der Waals surface area contributed by atoms with E-state index in [2.05, 4.69) is 31.7 Å². The zero-order valence-corrected chi connectivity index (χ0v) is 7.26. The van der Waals surface area contributed by atoms with Crippen LogP contribution in [0.25, 0.3) is 0 Å². The number of rotatable bonds is 0. The lowest BCUT2D eigenvalue weighted by Crippen LogP contribution is -2.07. The van der Waals surface area contributed by atoms with Crippen LogP contribution in [0.1, 0.15) is 16.7 Å². The monoisotopic (exact) mass is 160 g/mol. The van der Waals surface area contributed by atoms with Crippen LogP contribution in [0.4, 0.5) is 0 Å². The molecule has 0 aromatic heterocycles. The molecule has 0 amide bonds. The van der Waals surface area contributed by atoms with Crippen molar-refractivity contribution in [3.63, 3.8) is 0 Å². The number of hydrogen-bond acceptors (Lipinski definition) is 1. The van der Waals surface area contributed by atoms with Crippen molar-refractivity contribution in [2.24, 2.45) is 0 Å². The molecule has 1 heteroatoms. The molecule has 1 heterocycles. The first-order valence-electron chi connectivity index (χ1n) is 4.15. The van der Waals surface area contributed by atoms with Crippen molar-refractivity contribution >= 4 is 0 Å². The van der Waals surface area contributed by atoms with Gasteiger partial charge in [0, 0.05) is 6.42 Å². The number of benzene rings is 1. The highest BCUT2D eigenvalue weighted by Crippen LogP contribution is 2.22. The van der Waals surface area contributed by atoms with Crippen LogP contribution in [-0.2, 0) is 17.8 Å². The standard InChI is InChI=1S/C11H12O/c1-8-3-4-10-6-9(2)12-7-11(10)5-8/h3-5H,2,6-7H2,1H3. The Morgan fingerprint density at radius 3 is 3.00 bits per heavy atom. The van der Waals surface area contributed by atoms with Crippen molar-refractivity contribution in [3.05, 3.63) is 47.2 Å². The molecule has 0 aliphatic carbocycles. The van der Waals surface area contributed by atoms with Crippen molar-refractivity contribution in [2.45, 2.75) is 20.0 Å². The lowest BCUT2D eigenvalue weighted by Gasteiger charge is -2.19. The predicted octanol–water partition coefficient (Wildman–Crippen LogP) is 2.58. The third kappa shape index (κ3) is 1.22. The molecule has 1 aromatic carbocycles. The molecule has 62 valence electrons. The van der Waals surface area contributed by atoms with Crippen LogP contribution in [0.5, 0.6) is 0 Å². The van der Waals surface area contributed by atoms with E-state index in [1.165, 1.54) is 16.7 Å². The van der Waals surface area contributed by atoms with E-state index in [0.717, 1.165) is 12.2 Å². The molecule has 0 saturated carbocycles. The van der Waals surface area contributed by atoms with Crippen molar-refractivity contribution in [1.29, 1.82) is 0 Å². The minimum absolute atomic E-state index is 0.690. The van der Waals surface area contributed by atoms with Gasteiger partial charge in [-0.1, -0.05) is 30.3 Å². The Morgan fingerprint density at radius 2 is 2.17 bits per heavy atom. The Bertz CT molecular complexity index is 326. The largest absolute Gasteiger partial charge is 0.494 e. The van der Waals surface area contributed by atoms with Gasteiger partial charge in [-0.3, -0.25) is 0 Å². The van der Waals surface area contributed by atoms with Crippen LogP contribution in [0.3, 0.4) is 0 Å². The number of hydrogen-bond donors (Lipinski definition) is 0. The molecule has 0 saturated heterocycles. The first-order valence-corrected chi connectivity index (χ1v) is 4.15. The second-order valence-electron chi connectivity index (χ2n) is 3.28. The smallest absolute Gasteiger partial charge is 0.113 e. The van der Waals surface area contributed by atoms with Crippen molar-refractivity contribution in [3.8, 4) is 0 Å². The lowest BCUT2D eigenvalue weighted by atomic mass is 10.00. The van der Waals surface area contributed by atoms with Crippen molar-refractivity contribution in [2.75, 3.05) is 0 Å².